The number of nitrogens with zero attached hydrogens (tertiary/aromatic N) is 2. The Bertz CT molecular complexity index is 215. The first-order valence-corrected chi connectivity index (χ1v) is 3.28. The molecule has 3 nitrogen and oxygen atoms in total. The third-order valence-electron chi connectivity index (χ3n) is 1.06. The molecular formula is C7H10N3W-. The van der Waals surface area contributed by atoms with Gasteiger partial charge in [0.25, 0.3) is 0 Å². The van der Waals surface area contributed by atoms with Crippen LogP contribution in [-0.4, -0.2) is 16.5 Å². The van der Waals surface area contributed by atoms with Crippen molar-refractivity contribution in [3.05, 3.63) is 18.0 Å². The molecule has 0 aliphatic carbocycles. The molecule has 0 spiro atoms. The van der Waals surface area contributed by atoms with Crippen LogP contribution in [0.1, 0.15) is 12.6 Å². The SMILES string of the molecule is CCNc1n[c-]cc(C)n1.[W]. The molecule has 0 radical (unpaired) electrons. The van der Waals surface area contributed by atoms with Gasteiger partial charge in [-0.3, -0.25) is 0 Å². The maximum absolute atomic E-state index is 4.11. The van der Waals surface area contributed by atoms with Crippen LogP contribution >= 0.6 is 0 Å². The molecule has 0 saturated heterocycles. The van der Waals surface area contributed by atoms with Gasteiger partial charge in [-0.25, -0.2) is 0 Å². The Morgan fingerprint density at radius 2 is 2.36 bits per heavy atom. The quantitative estimate of drug-likeness (QED) is 0.827. The third-order valence-corrected chi connectivity index (χ3v) is 1.06. The first kappa shape index (κ1) is 10.6. The van der Waals surface area contributed by atoms with E-state index < -0.39 is 0 Å². The van der Waals surface area contributed by atoms with Gasteiger partial charge in [0.15, 0.2) is 0 Å². The minimum Gasteiger partial charge on any atom is -0.407 e. The minimum absolute atomic E-state index is 0. The molecule has 1 aromatic heterocycles. The van der Waals surface area contributed by atoms with Crippen LogP contribution in [0.15, 0.2) is 6.07 Å². The van der Waals surface area contributed by atoms with Crippen molar-refractivity contribution in [2.24, 2.45) is 0 Å². The van der Waals surface area contributed by atoms with Gasteiger partial charge < -0.3 is 15.3 Å². The van der Waals surface area contributed by atoms with Crippen LogP contribution in [0.2, 0.25) is 0 Å². The van der Waals surface area contributed by atoms with Gasteiger partial charge in [-0.1, -0.05) is 18.8 Å². The maximum Gasteiger partial charge on any atom is 0.106 e. The van der Waals surface area contributed by atoms with E-state index in [9.17, 15) is 0 Å². The average Bonchev–Trinajstić information content (AvgIpc) is 1.88. The summed E-state index contributed by atoms with van der Waals surface area (Å²) in [6.45, 7) is 4.77. The van der Waals surface area contributed by atoms with E-state index in [1.807, 2.05) is 13.8 Å². The molecule has 0 amide bonds. The van der Waals surface area contributed by atoms with Crippen LogP contribution in [0, 0.1) is 13.1 Å². The standard InChI is InChI=1S/C7H10N3.W/c1-3-8-7-9-5-4-6(2)10-7;/h4H,3H2,1-2H3,(H,8,9,10);/q-1;. The number of hydrogen-bond donors (Lipinski definition) is 1. The van der Waals surface area contributed by atoms with Gasteiger partial charge in [-0.15, -0.1) is 6.07 Å². The van der Waals surface area contributed by atoms with Crippen molar-refractivity contribution in [3.8, 4) is 0 Å². The maximum atomic E-state index is 4.11. The molecule has 0 saturated carbocycles. The Labute approximate surface area is 80.9 Å². The Morgan fingerprint density at radius 3 is 2.91 bits per heavy atom. The molecule has 4 heteroatoms. The first-order chi connectivity index (χ1) is 4.83. The van der Waals surface area contributed by atoms with Crippen molar-refractivity contribution in [1.29, 1.82) is 0 Å². The molecular weight excluding hydrogens is 310 g/mol. The van der Waals surface area contributed by atoms with Crippen LogP contribution in [0.25, 0.3) is 0 Å². The molecule has 0 bridgehead atoms. The number of hydrogen-bond acceptors (Lipinski definition) is 3. The summed E-state index contributed by atoms with van der Waals surface area (Å²) in [6, 6.07) is 1.75. The molecule has 1 rings (SSSR count). The average molecular weight is 320 g/mol. The fourth-order valence-corrected chi connectivity index (χ4v) is 0.648. The molecule has 0 aromatic carbocycles. The summed E-state index contributed by atoms with van der Waals surface area (Å²) in [5, 5.41) is 2.99. The number of rotatable bonds is 2. The van der Waals surface area contributed by atoms with Crippen LogP contribution in [0.4, 0.5) is 5.95 Å². The monoisotopic (exact) mass is 320 g/mol. The van der Waals surface area contributed by atoms with E-state index in [1.54, 1.807) is 6.07 Å². The number of anilines is 1. The zero-order chi connectivity index (χ0) is 7.40. The fraction of sp³-hybridized carbons (Fsp3) is 0.429. The summed E-state index contributed by atoms with van der Waals surface area (Å²) >= 11 is 0. The van der Waals surface area contributed by atoms with Crippen molar-refractivity contribution >= 4 is 5.95 Å². The molecule has 1 heterocycles. The molecule has 0 aliphatic rings. The van der Waals surface area contributed by atoms with Crippen molar-refractivity contribution in [3.63, 3.8) is 0 Å². The summed E-state index contributed by atoms with van der Waals surface area (Å²) in [5.74, 6) is 0.655. The Balaban J connectivity index is 0.000001000. The topological polar surface area (TPSA) is 37.8 Å². The normalized spacial score (nSPS) is 8.55. The van der Waals surface area contributed by atoms with Crippen molar-refractivity contribution in [2.75, 3.05) is 11.9 Å². The van der Waals surface area contributed by atoms with Gasteiger partial charge in [0.1, 0.15) is 5.95 Å². The van der Waals surface area contributed by atoms with Crippen LogP contribution in [0.3, 0.4) is 0 Å². The van der Waals surface area contributed by atoms with Crippen LogP contribution in [-0.2, 0) is 21.1 Å². The summed E-state index contributed by atoms with van der Waals surface area (Å²) < 4.78 is 0. The summed E-state index contributed by atoms with van der Waals surface area (Å²) in [7, 11) is 0. The first-order valence-electron chi connectivity index (χ1n) is 3.28. The Hall–Kier alpha value is -0.432. The smallest absolute Gasteiger partial charge is 0.106 e. The molecule has 1 N–H and O–H groups in total. The number of nitrogens with one attached hydrogen (secondary N) is 1. The molecule has 0 unspecified atom stereocenters. The van der Waals surface area contributed by atoms with Gasteiger partial charge >= 0.3 is 0 Å². The summed E-state index contributed by atoms with van der Waals surface area (Å²) in [4.78, 5) is 7.99. The van der Waals surface area contributed by atoms with E-state index >= 15 is 0 Å². The Morgan fingerprint density at radius 1 is 1.64 bits per heavy atom. The van der Waals surface area contributed by atoms with E-state index in [0.29, 0.717) is 5.95 Å². The molecule has 60 valence electrons. The predicted octanol–water partition coefficient (Wildman–Crippen LogP) is 1.01. The molecule has 0 aliphatic heterocycles. The second-order valence-electron chi connectivity index (χ2n) is 1.99. The number of aryl methyl sites for hydroxylation is 1. The van der Waals surface area contributed by atoms with Crippen LogP contribution < -0.4 is 5.32 Å². The Kier molecular flexibility index (Phi) is 5.04. The largest absolute Gasteiger partial charge is 0.407 e. The van der Waals surface area contributed by atoms with Crippen molar-refractivity contribution in [2.45, 2.75) is 13.8 Å². The summed E-state index contributed by atoms with van der Waals surface area (Å²) in [5.41, 5.74) is 0.936. The van der Waals surface area contributed by atoms with Crippen LogP contribution in [0.5, 0.6) is 0 Å². The van der Waals surface area contributed by atoms with E-state index in [1.165, 1.54) is 0 Å². The zero-order valence-electron chi connectivity index (χ0n) is 6.59. The zero-order valence-corrected chi connectivity index (χ0v) is 9.52. The molecule has 0 atom stereocenters. The second kappa shape index (κ2) is 5.25. The van der Waals surface area contributed by atoms with E-state index in [2.05, 4.69) is 21.5 Å². The van der Waals surface area contributed by atoms with Gasteiger partial charge in [0.05, 0.1) is 0 Å². The van der Waals surface area contributed by atoms with E-state index in [0.717, 1.165) is 12.2 Å². The van der Waals surface area contributed by atoms with Crippen molar-refractivity contribution < 1.29 is 21.1 Å². The van der Waals surface area contributed by atoms with Gasteiger partial charge in [-0.05, 0) is 6.92 Å². The summed E-state index contributed by atoms with van der Waals surface area (Å²) in [6.07, 6.45) is 2.74. The fourth-order valence-electron chi connectivity index (χ4n) is 0.648. The predicted molar refractivity (Wildman–Crippen MR) is 39.8 cm³/mol. The van der Waals surface area contributed by atoms with Gasteiger partial charge in [0, 0.05) is 27.6 Å². The van der Waals surface area contributed by atoms with E-state index in [-0.39, 0.29) is 21.1 Å². The number of aromatic nitrogens is 2. The molecule has 1 aromatic rings. The second-order valence-corrected chi connectivity index (χ2v) is 1.99. The molecule has 11 heavy (non-hydrogen) atoms. The van der Waals surface area contributed by atoms with E-state index in [4.69, 9.17) is 0 Å². The molecule has 0 fully saturated rings. The minimum atomic E-state index is 0. The van der Waals surface area contributed by atoms with Gasteiger partial charge in [-0.2, -0.15) is 0 Å². The van der Waals surface area contributed by atoms with Gasteiger partial charge in [0.2, 0.25) is 0 Å². The van der Waals surface area contributed by atoms with Crippen molar-refractivity contribution in [1.82, 2.24) is 9.97 Å². The third kappa shape index (κ3) is 3.47.